The van der Waals surface area contributed by atoms with E-state index in [0.29, 0.717) is 22.6 Å². The number of amides is 1. The lowest BCUT2D eigenvalue weighted by Gasteiger charge is -2.24. The molecule has 1 amide bonds. The standard InChI is InChI=1S/C26H34N4O4.ClH/c1-4-6-18-13-16(5-2)14-21(24(18)34-15-22(31)29-19-11-12-19)23(26(32)33-3)30-20-9-7-17(8-10-20)25(27)28;/h7-10,13-14,19,23,30H,4-6,11-12,15H2,1-3H3,(H3,27,28)(H,29,31);1H. The number of ether oxygens (including phenoxy) is 2. The largest absolute Gasteiger partial charge is 0.483 e. The van der Waals surface area contributed by atoms with Crippen LogP contribution in [0, 0.1) is 5.41 Å². The number of nitrogens with one attached hydrogen (secondary N) is 3. The zero-order chi connectivity index (χ0) is 24.7. The number of nitrogens with two attached hydrogens (primary N) is 1. The van der Waals surface area contributed by atoms with Gasteiger partial charge in [0, 0.05) is 22.9 Å². The summed E-state index contributed by atoms with van der Waals surface area (Å²) >= 11 is 0. The van der Waals surface area contributed by atoms with Gasteiger partial charge in [0.25, 0.3) is 5.91 Å². The Labute approximate surface area is 212 Å². The van der Waals surface area contributed by atoms with E-state index in [9.17, 15) is 9.59 Å². The quantitative estimate of drug-likeness (QED) is 0.198. The van der Waals surface area contributed by atoms with Crippen LogP contribution in [0.25, 0.3) is 0 Å². The van der Waals surface area contributed by atoms with Gasteiger partial charge in [-0.05, 0) is 67.1 Å². The molecule has 35 heavy (non-hydrogen) atoms. The molecule has 1 aliphatic rings. The summed E-state index contributed by atoms with van der Waals surface area (Å²) in [7, 11) is 1.34. The molecule has 0 aliphatic heterocycles. The maximum Gasteiger partial charge on any atom is 0.333 e. The summed E-state index contributed by atoms with van der Waals surface area (Å²) in [6.07, 6.45) is 4.43. The third-order valence-electron chi connectivity index (χ3n) is 5.73. The molecule has 3 rings (SSSR count). The van der Waals surface area contributed by atoms with Crippen LogP contribution in [0.2, 0.25) is 0 Å². The Morgan fingerprint density at radius 1 is 1.17 bits per heavy atom. The van der Waals surface area contributed by atoms with Gasteiger partial charge in [0.15, 0.2) is 12.6 Å². The fraction of sp³-hybridized carbons (Fsp3) is 0.423. The molecule has 1 unspecified atom stereocenters. The fourth-order valence-corrected chi connectivity index (χ4v) is 3.76. The molecule has 8 nitrogen and oxygen atoms in total. The minimum atomic E-state index is -0.850. The maximum absolute atomic E-state index is 12.9. The third kappa shape index (κ3) is 7.62. The predicted molar refractivity (Wildman–Crippen MR) is 140 cm³/mol. The second kappa shape index (κ2) is 13.0. The Kier molecular flexibility index (Phi) is 10.4. The van der Waals surface area contributed by atoms with Gasteiger partial charge in [-0.2, -0.15) is 0 Å². The first-order chi connectivity index (χ1) is 16.4. The van der Waals surface area contributed by atoms with Gasteiger partial charge in [0.05, 0.1) is 7.11 Å². The summed E-state index contributed by atoms with van der Waals surface area (Å²) in [5, 5.41) is 13.7. The van der Waals surface area contributed by atoms with Crippen molar-refractivity contribution in [2.24, 2.45) is 5.73 Å². The lowest BCUT2D eigenvalue weighted by atomic mass is 9.95. The van der Waals surface area contributed by atoms with Crippen molar-refractivity contribution in [3.8, 4) is 5.75 Å². The van der Waals surface area contributed by atoms with E-state index in [1.54, 1.807) is 24.3 Å². The van der Waals surface area contributed by atoms with E-state index < -0.39 is 12.0 Å². The first-order valence-corrected chi connectivity index (χ1v) is 11.7. The number of nitrogen functional groups attached to an aromatic ring is 1. The highest BCUT2D eigenvalue weighted by atomic mass is 35.5. The molecule has 5 N–H and O–H groups in total. The van der Waals surface area contributed by atoms with Crippen molar-refractivity contribution < 1.29 is 19.1 Å². The molecular formula is C26H35ClN4O4. The van der Waals surface area contributed by atoms with Crippen LogP contribution in [-0.2, 0) is 27.2 Å². The first-order valence-electron chi connectivity index (χ1n) is 11.7. The highest BCUT2D eigenvalue weighted by Gasteiger charge is 2.28. The van der Waals surface area contributed by atoms with E-state index >= 15 is 0 Å². The molecule has 1 atom stereocenters. The predicted octanol–water partition coefficient (Wildman–Crippen LogP) is 3.89. The number of amidine groups is 1. The summed E-state index contributed by atoms with van der Waals surface area (Å²) in [5.41, 5.74) is 9.46. The van der Waals surface area contributed by atoms with E-state index in [1.165, 1.54) is 7.11 Å². The van der Waals surface area contributed by atoms with Crippen molar-refractivity contribution >= 4 is 35.8 Å². The Morgan fingerprint density at radius 3 is 2.40 bits per heavy atom. The van der Waals surface area contributed by atoms with Crippen LogP contribution >= 0.6 is 12.4 Å². The van der Waals surface area contributed by atoms with Gasteiger partial charge in [-0.25, -0.2) is 4.79 Å². The van der Waals surface area contributed by atoms with Crippen molar-refractivity contribution in [3.05, 3.63) is 58.7 Å². The first kappa shape index (κ1) is 28.0. The maximum atomic E-state index is 12.9. The van der Waals surface area contributed by atoms with E-state index in [2.05, 4.69) is 30.5 Å². The zero-order valence-corrected chi connectivity index (χ0v) is 21.3. The molecule has 0 spiro atoms. The van der Waals surface area contributed by atoms with E-state index in [-0.39, 0.29) is 36.8 Å². The molecule has 9 heteroatoms. The Morgan fingerprint density at radius 2 is 1.86 bits per heavy atom. The van der Waals surface area contributed by atoms with Gasteiger partial charge >= 0.3 is 5.97 Å². The monoisotopic (exact) mass is 502 g/mol. The highest BCUT2D eigenvalue weighted by molar-refractivity contribution is 5.95. The van der Waals surface area contributed by atoms with E-state index in [1.807, 2.05) is 6.07 Å². The number of benzene rings is 2. The molecule has 0 bridgehead atoms. The smallest absolute Gasteiger partial charge is 0.333 e. The van der Waals surface area contributed by atoms with Crippen LogP contribution in [0.15, 0.2) is 36.4 Å². The number of aryl methyl sites for hydroxylation is 2. The van der Waals surface area contributed by atoms with Crippen LogP contribution < -0.4 is 21.1 Å². The SMILES string of the molecule is CCCc1cc(CC)cc(C(Nc2ccc(C(=N)N)cc2)C(=O)OC)c1OCC(=O)NC1CC1.Cl. The fourth-order valence-electron chi connectivity index (χ4n) is 3.76. The Hall–Kier alpha value is -3.26. The molecule has 0 radical (unpaired) electrons. The normalized spacial score (nSPS) is 13.2. The molecule has 1 aliphatic carbocycles. The van der Waals surface area contributed by atoms with Gasteiger partial charge in [0.2, 0.25) is 0 Å². The second-order valence-electron chi connectivity index (χ2n) is 8.50. The van der Waals surface area contributed by atoms with Gasteiger partial charge in [-0.15, -0.1) is 12.4 Å². The van der Waals surface area contributed by atoms with E-state index in [0.717, 1.165) is 43.2 Å². The second-order valence-corrected chi connectivity index (χ2v) is 8.50. The summed E-state index contributed by atoms with van der Waals surface area (Å²) in [6, 6.07) is 10.4. The molecule has 1 fully saturated rings. The summed E-state index contributed by atoms with van der Waals surface area (Å²) in [6.45, 7) is 4.01. The van der Waals surface area contributed by atoms with Crippen LogP contribution in [-0.4, -0.2) is 37.5 Å². The number of hydrogen-bond acceptors (Lipinski definition) is 6. The highest BCUT2D eigenvalue weighted by Crippen LogP contribution is 2.35. The van der Waals surface area contributed by atoms with Crippen LogP contribution in [0.3, 0.4) is 0 Å². The third-order valence-corrected chi connectivity index (χ3v) is 5.73. The lowest BCUT2D eigenvalue weighted by molar-refractivity contribution is -0.141. The summed E-state index contributed by atoms with van der Waals surface area (Å²) in [5.74, 6) is -0.138. The summed E-state index contributed by atoms with van der Waals surface area (Å²) in [4.78, 5) is 25.3. The van der Waals surface area contributed by atoms with Crippen molar-refractivity contribution in [1.82, 2.24) is 5.32 Å². The molecule has 0 heterocycles. The molecule has 0 aromatic heterocycles. The van der Waals surface area contributed by atoms with Crippen molar-refractivity contribution in [2.75, 3.05) is 19.0 Å². The number of carbonyl (C=O) groups excluding carboxylic acids is 2. The summed E-state index contributed by atoms with van der Waals surface area (Å²) < 4.78 is 11.2. The minimum absolute atomic E-state index is 0. The lowest BCUT2D eigenvalue weighted by Crippen LogP contribution is -2.31. The van der Waals surface area contributed by atoms with Gasteiger partial charge < -0.3 is 25.8 Å². The number of esters is 1. The number of hydrogen-bond donors (Lipinski definition) is 4. The molecule has 2 aromatic carbocycles. The van der Waals surface area contributed by atoms with Crippen molar-refractivity contribution in [2.45, 2.75) is 58.0 Å². The number of methoxy groups -OCH3 is 1. The number of anilines is 1. The molecule has 0 saturated heterocycles. The van der Waals surface area contributed by atoms with Crippen LogP contribution in [0.1, 0.15) is 61.4 Å². The molecule has 2 aromatic rings. The number of carbonyl (C=O) groups is 2. The van der Waals surface area contributed by atoms with Crippen LogP contribution in [0.5, 0.6) is 5.75 Å². The molecule has 190 valence electrons. The zero-order valence-electron chi connectivity index (χ0n) is 20.5. The van der Waals surface area contributed by atoms with Crippen LogP contribution in [0.4, 0.5) is 5.69 Å². The van der Waals surface area contributed by atoms with Gasteiger partial charge in [-0.1, -0.05) is 26.3 Å². The van der Waals surface area contributed by atoms with Crippen molar-refractivity contribution in [1.29, 1.82) is 5.41 Å². The van der Waals surface area contributed by atoms with Gasteiger partial charge in [-0.3, -0.25) is 10.2 Å². The average molecular weight is 503 g/mol. The Bertz CT molecular complexity index is 1040. The van der Waals surface area contributed by atoms with Gasteiger partial charge in [0.1, 0.15) is 11.6 Å². The topological polar surface area (TPSA) is 127 Å². The molecular weight excluding hydrogens is 468 g/mol. The van der Waals surface area contributed by atoms with E-state index in [4.69, 9.17) is 20.6 Å². The number of rotatable bonds is 12. The Balaban J connectivity index is 0.00000432. The molecule has 1 saturated carbocycles. The van der Waals surface area contributed by atoms with Crippen molar-refractivity contribution in [3.63, 3.8) is 0 Å². The number of halogens is 1. The minimum Gasteiger partial charge on any atom is -0.483 e. The average Bonchev–Trinajstić information content (AvgIpc) is 3.65.